The third-order valence-corrected chi connectivity index (χ3v) is 5.29. The van der Waals surface area contributed by atoms with Crippen molar-refractivity contribution in [2.45, 2.75) is 16.9 Å². The number of benzene rings is 2. The molecule has 0 aliphatic rings. The van der Waals surface area contributed by atoms with Crippen LogP contribution in [0.3, 0.4) is 0 Å². The highest BCUT2D eigenvalue weighted by Gasteiger charge is 2.26. The molecule has 0 aromatic heterocycles. The Morgan fingerprint density at radius 1 is 1.05 bits per heavy atom. The molecule has 20 heavy (non-hydrogen) atoms. The van der Waals surface area contributed by atoms with Gasteiger partial charge in [0.15, 0.2) is 0 Å². The summed E-state index contributed by atoms with van der Waals surface area (Å²) < 4.78 is 1.08. The molecule has 106 valence electrons. The molecule has 4 heteroatoms. The first-order chi connectivity index (χ1) is 9.65. The van der Waals surface area contributed by atoms with Crippen LogP contribution in [0.2, 0.25) is 0 Å². The van der Waals surface area contributed by atoms with E-state index in [0.29, 0.717) is 6.42 Å². The van der Waals surface area contributed by atoms with Gasteiger partial charge in [-0.1, -0.05) is 42.5 Å². The largest absolute Gasteiger partial charge is 0.384 e. The highest BCUT2D eigenvalue weighted by Crippen LogP contribution is 2.31. The molecule has 0 aliphatic carbocycles. The molecule has 1 unspecified atom stereocenters. The number of rotatable bonds is 6. The summed E-state index contributed by atoms with van der Waals surface area (Å²) in [5, 5.41) is 10.7. The molecule has 1 atom stereocenters. The van der Waals surface area contributed by atoms with E-state index in [9.17, 15) is 5.11 Å². The fourth-order valence-corrected chi connectivity index (χ4v) is 3.67. The maximum absolute atomic E-state index is 10.7. The molecule has 2 aromatic carbocycles. The minimum absolute atomic E-state index is 0.230. The zero-order chi connectivity index (χ0) is 14.4. The average molecular weight is 352 g/mol. The summed E-state index contributed by atoms with van der Waals surface area (Å²) in [6.07, 6.45) is 0.625. The Morgan fingerprint density at radius 3 is 2.35 bits per heavy atom. The van der Waals surface area contributed by atoms with E-state index in [1.54, 1.807) is 11.8 Å². The molecule has 0 bridgehead atoms. The number of thioether (sulfide) groups is 1. The maximum atomic E-state index is 10.7. The summed E-state index contributed by atoms with van der Waals surface area (Å²) >= 11 is 5.25. The molecular formula is C16H18BrNOS. The molecule has 0 fully saturated rings. The smallest absolute Gasteiger partial charge is 0.103 e. The van der Waals surface area contributed by atoms with Gasteiger partial charge in [0.05, 0.1) is 0 Å². The van der Waals surface area contributed by atoms with Gasteiger partial charge in [0.25, 0.3) is 0 Å². The first-order valence-corrected chi connectivity index (χ1v) is 8.29. The zero-order valence-corrected chi connectivity index (χ0v) is 13.5. The van der Waals surface area contributed by atoms with Gasteiger partial charge in [-0.25, -0.2) is 0 Å². The van der Waals surface area contributed by atoms with Gasteiger partial charge in [-0.3, -0.25) is 0 Å². The Bertz CT molecular complexity index is 549. The maximum Gasteiger partial charge on any atom is 0.103 e. The average Bonchev–Trinajstić information content (AvgIpc) is 2.50. The molecule has 0 radical (unpaired) electrons. The van der Waals surface area contributed by atoms with E-state index >= 15 is 0 Å². The molecule has 0 heterocycles. The van der Waals surface area contributed by atoms with E-state index in [1.807, 2.05) is 48.5 Å². The van der Waals surface area contributed by atoms with E-state index in [2.05, 4.69) is 22.0 Å². The summed E-state index contributed by atoms with van der Waals surface area (Å²) in [6, 6.07) is 17.7. The number of halogens is 1. The minimum atomic E-state index is -0.949. The molecule has 0 amide bonds. The number of hydrogen-bond acceptors (Lipinski definition) is 3. The van der Waals surface area contributed by atoms with Crippen LogP contribution < -0.4 is 5.73 Å². The van der Waals surface area contributed by atoms with Crippen molar-refractivity contribution in [3.05, 3.63) is 64.6 Å². The van der Waals surface area contributed by atoms with Crippen LogP contribution in [-0.4, -0.2) is 17.4 Å². The van der Waals surface area contributed by atoms with Crippen molar-refractivity contribution >= 4 is 27.7 Å². The van der Waals surface area contributed by atoms with Crippen LogP contribution in [-0.2, 0) is 5.60 Å². The van der Waals surface area contributed by atoms with Gasteiger partial charge in [-0.05, 0) is 40.0 Å². The second-order valence-corrected chi connectivity index (χ2v) is 6.62. The van der Waals surface area contributed by atoms with Gasteiger partial charge < -0.3 is 10.8 Å². The lowest BCUT2D eigenvalue weighted by Crippen LogP contribution is -2.35. The van der Waals surface area contributed by atoms with Crippen molar-refractivity contribution in [2.24, 2.45) is 5.73 Å². The predicted octanol–water partition coefficient (Wildman–Crippen LogP) is 3.78. The van der Waals surface area contributed by atoms with Crippen molar-refractivity contribution in [3.63, 3.8) is 0 Å². The van der Waals surface area contributed by atoms with Crippen LogP contribution in [0.15, 0.2) is 64.0 Å². The second-order valence-electron chi connectivity index (χ2n) is 4.63. The third-order valence-electron chi connectivity index (χ3n) is 3.26. The lowest BCUT2D eigenvalue weighted by Gasteiger charge is -2.27. The first kappa shape index (κ1) is 15.6. The van der Waals surface area contributed by atoms with Crippen LogP contribution in [0.25, 0.3) is 0 Å². The Morgan fingerprint density at radius 2 is 1.70 bits per heavy atom. The third kappa shape index (κ3) is 3.85. The summed E-state index contributed by atoms with van der Waals surface area (Å²) in [4.78, 5) is 1.18. The Kier molecular flexibility index (Phi) is 5.66. The second kappa shape index (κ2) is 7.27. The molecule has 0 saturated heterocycles. The van der Waals surface area contributed by atoms with E-state index in [4.69, 9.17) is 5.73 Å². The highest BCUT2D eigenvalue weighted by molar-refractivity contribution is 9.10. The first-order valence-electron chi connectivity index (χ1n) is 6.51. The molecule has 2 rings (SSSR count). The predicted molar refractivity (Wildman–Crippen MR) is 88.9 cm³/mol. The van der Waals surface area contributed by atoms with Gasteiger partial charge in [0, 0.05) is 21.7 Å². The van der Waals surface area contributed by atoms with E-state index in [-0.39, 0.29) is 6.54 Å². The van der Waals surface area contributed by atoms with Gasteiger partial charge in [-0.15, -0.1) is 11.8 Å². The van der Waals surface area contributed by atoms with Crippen molar-refractivity contribution in [1.82, 2.24) is 0 Å². The molecule has 2 aromatic rings. The number of nitrogens with two attached hydrogens (primary N) is 1. The van der Waals surface area contributed by atoms with Gasteiger partial charge in [-0.2, -0.15) is 0 Å². The van der Waals surface area contributed by atoms with Gasteiger partial charge in [0.2, 0.25) is 0 Å². The SMILES string of the molecule is NCC(O)(CCSc1ccccc1Br)c1ccccc1. The van der Waals surface area contributed by atoms with Crippen molar-refractivity contribution in [1.29, 1.82) is 0 Å². The summed E-state index contributed by atoms with van der Waals surface area (Å²) in [5.41, 5.74) is 5.72. The molecule has 3 N–H and O–H groups in total. The van der Waals surface area contributed by atoms with Crippen LogP contribution >= 0.6 is 27.7 Å². The normalized spacial score (nSPS) is 13.9. The Hall–Kier alpha value is -0.810. The highest BCUT2D eigenvalue weighted by atomic mass is 79.9. The van der Waals surface area contributed by atoms with E-state index in [0.717, 1.165) is 15.8 Å². The van der Waals surface area contributed by atoms with Crippen LogP contribution in [0.4, 0.5) is 0 Å². The van der Waals surface area contributed by atoms with Gasteiger partial charge in [0.1, 0.15) is 5.60 Å². The van der Waals surface area contributed by atoms with Crippen LogP contribution in [0.5, 0.6) is 0 Å². The molecular weight excluding hydrogens is 334 g/mol. The van der Waals surface area contributed by atoms with Gasteiger partial charge >= 0.3 is 0 Å². The summed E-state index contributed by atoms with van der Waals surface area (Å²) in [7, 11) is 0. The zero-order valence-electron chi connectivity index (χ0n) is 11.1. The topological polar surface area (TPSA) is 46.2 Å². The fraction of sp³-hybridized carbons (Fsp3) is 0.250. The molecule has 0 saturated carbocycles. The standard InChI is InChI=1S/C16H18BrNOS/c17-14-8-4-5-9-15(14)20-11-10-16(19,12-18)13-6-2-1-3-7-13/h1-9,19H,10-12,18H2. The number of aliphatic hydroxyl groups is 1. The lowest BCUT2D eigenvalue weighted by atomic mass is 9.91. The molecule has 0 aliphatic heterocycles. The Labute approximate surface area is 132 Å². The summed E-state index contributed by atoms with van der Waals surface area (Å²) in [6.45, 7) is 0.230. The van der Waals surface area contributed by atoms with Crippen LogP contribution in [0.1, 0.15) is 12.0 Å². The fourth-order valence-electron chi connectivity index (χ4n) is 2.00. The molecule has 0 spiro atoms. The quantitative estimate of drug-likeness (QED) is 0.778. The summed E-state index contributed by atoms with van der Waals surface area (Å²) in [5.74, 6) is 0.811. The number of hydrogen-bond donors (Lipinski definition) is 2. The van der Waals surface area contributed by atoms with Crippen molar-refractivity contribution < 1.29 is 5.11 Å². The van der Waals surface area contributed by atoms with Crippen molar-refractivity contribution in [3.8, 4) is 0 Å². The lowest BCUT2D eigenvalue weighted by molar-refractivity contribution is 0.0431. The van der Waals surface area contributed by atoms with Crippen LogP contribution in [0, 0.1) is 0 Å². The van der Waals surface area contributed by atoms with E-state index < -0.39 is 5.60 Å². The molecule has 2 nitrogen and oxygen atoms in total. The minimum Gasteiger partial charge on any atom is -0.384 e. The van der Waals surface area contributed by atoms with Crippen molar-refractivity contribution in [2.75, 3.05) is 12.3 Å². The monoisotopic (exact) mass is 351 g/mol. The van der Waals surface area contributed by atoms with E-state index in [1.165, 1.54) is 4.90 Å². The Balaban J connectivity index is 2.00.